The van der Waals surface area contributed by atoms with Crippen molar-refractivity contribution < 1.29 is 14.3 Å². The molecule has 0 heterocycles. The van der Waals surface area contributed by atoms with Crippen molar-refractivity contribution in [1.82, 2.24) is 0 Å². The highest BCUT2D eigenvalue weighted by molar-refractivity contribution is 5.81. The number of carbonyl (C=O) groups is 2. The minimum Gasteiger partial charge on any atom is -0.360 e. The lowest BCUT2D eigenvalue weighted by atomic mass is 10.1. The number of carbonyl (C=O) groups excluding carboxylic acids is 2. The van der Waals surface area contributed by atoms with E-state index in [0.29, 0.717) is 0 Å². The summed E-state index contributed by atoms with van der Waals surface area (Å²) in [5.74, 6) is 0. The topological polar surface area (TPSA) is 121 Å². The Morgan fingerprint density at radius 1 is 1.18 bits per heavy atom. The fourth-order valence-electron chi connectivity index (χ4n) is 1.09. The first-order chi connectivity index (χ1) is 7.91. The Bertz CT molecular complexity index is 340. The summed E-state index contributed by atoms with van der Waals surface area (Å²) in [6, 6.07) is 10.6. The zero-order valence-corrected chi connectivity index (χ0v) is 9.63. The number of hydrogen-bond acceptors (Lipinski definition) is 4. The van der Waals surface area contributed by atoms with Gasteiger partial charge in [-0.3, -0.25) is 0 Å². The number of rotatable bonds is 2. The van der Waals surface area contributed by atoms with Gasteiger partial charge in [-0.05, 0) is 18.9 Å². The molecule has 94 valence electrons. The third kappa shape index (κ3) is 10.2. The van der Waals surface area contributed by atoms with E-state index in [9.17, 15) is 9.59 Å². The average Bonchev–Trinajstić information content (AvgIpc) is 2.16. The molecular formula is C11H17N3O3. The molecule has 0 aliphatic heterocycles. The van der Waals surface area contributed by atoms with Gasteiger partial charge in [-0.15, -0.1) is 0 Å². The van der Waals surface area contributed by atoms with E-state index in [4.69, 9.17) is 5.73 Å². The van der Waals surface area contributed by atoms with E-state index in [-0.39, 0.29) is 6.04 Å². The van der Waals surface area contributed by atoms with Gasteiger partial charge in [0.15, 0.2) is 0 Å². The van der Waals surface area contributed by atoms with E-state index in [2.05, 4.69) is 28.3 Å². The van der Waals surface area contributed by atoms with Crippen LogP contribution in [0.4, 0.5) is 9.59 Å². The van der Waals surface area contributed by atoms with E-state index >= 15 is 0 Å². The normalized spacial score (nSPS) is 10.7. The second kappa shape index (κ2) is 8.12. The molecular weight excluding hydrogens is 222 g/mol. The van der Waals surface area contributed by atoms with Gasteiger partial charge >= 0.3 is 12.2 Å². The summed E-state index contributed by atoms with van der Waals surface area (Å²) in [4.78, 5) is 19.0. The molecule has 2 amide bonds. The van der Waals surface area contributed by atoms with Crippen LogP contribution in [0.5, 0.6) is 0 Å². The molecule has 6 nitrogen and oxygen atoms in total. The van der Waals surface area contributed by atoms with Gasteiger partial charge in [0.1, 0.15) is 0 Å². The van der Waals surface area contributed by atoms with Crippen LogP contribution < -0.4 is 17.2 Å². The van der Waals surface area contributed by atoms with Crippen LogP contribution in [-0.4, -0.2) is 18.2 Å². The number of primary amides is 2. The van der Waals surface area contributed by atoms with Gasteiger partial charge in [0.25, 0.3) is 0 Å². The van der Waals surface area contributed by atoms with Gasteiger partial charge in [-0.25, -0.2) is 9.59 Å². The van der Waals surface area contributed by atoms with E-state index in [0.717, 1.165) is 6.42 Å². The molecule has 0 aliphatic carbocycles. The van der Waals surface area contributed by atoms with Crippen LogP contribution in [0.2, 0.25) is 0 Å². The molecule has 1 rings (SSSR count). The Balaban J connectivity index is 0.000000325. The molecule has 6 N–H and O–H groups in total. The molecule has 0 saturated heterocycles. The maximum Gasteiger partial charge on any atom is 0.413 e. The van der Waals surface area contributed by atoms with Crippen LogP contribution in [0, 0.1) is 0 Å². The Kier molecular flexibility index (Phi) is 7.12. The van der Waals surface area contributed by atoms with Gasteiger partial charge < -0.3 is 21.9 Å². The van der Waals surface area contributed by atoms with Crippen molar-refractivity contribution in [2.45, 2.75) is 19.4 Å². The van der Waals surface area contributed by atoms with Gasteiger partial charge in [-0.2, -0.15) is 0 Å². The van der Waals surface area contributed by atoms with E-state index < -0.39 is 12.2 Å². The van der Waals surface area contributed by atoms with Crippen molar-refractivity contribution >= 4 is 12.2 Å². The lowest BCUT2D eigenvalue weighted by molar-refractivity contribution is 0.164. The van der Waals surface area contributed by atoms with Gasteiger partial charge in [0.05, 0.1) is 0 Å². The number of nitrogens with two attached hydrogens (primary N) is 3. The number of ether oxygens (including phenoxy) is 1. The largest absolute Gasteiger partial charge is 0.413 e. The molecule has 1 unspecified atom stereocenters. The zero-order chi connectivity index (χ0) is 13.3. The van der Waals surface area contributed by atoms with E-state index in [1.54, 1.807) is 0 Å². The summed E-state index contributed by atoms with van der Waals surface area (Å²) < 4.78 is 3.53. The van der Waals surface area contributed by atoms with Crippen molar-refractivity contribution in [3.8, 4) is 0 Å². The average molecular weight is 239 g/mol. The molecule has 1 aromatic rings. The molecule has 1 atom stereocenters. The third-order valence-corrected chi connectivity index (χ3v) is 1.60. The fraction of sp³-hybridized carbons (Fsp3) is 0.273. The Hall–Kier alpha value is -2.08. The summed E-state index contributed by atoms with van der Waals surface area (Å²) in [5.41, 5.74) is 15.6. The number of amides is 2. The maximum atomic E-state index is 9.51. The Morgan fingerprint density at radius 3 is 1.94 bits per heavy atom. The van der Waals surface area contributed by atoms with E-state index in [1.807, 2.05) is 25.1 Å². The predicted molar refractivity (Wildman–Crippen MR) is 64.0 cm³/mol. The standard InChI is InChI=1S/C9H13N.C2H4N2O3/c1-8(10)7-9-5-3-2-4-6-9;3-1(5)7-2(4)6/h2-6,8H,7,10H2,1H3;(H2,3,5)(H2,4,6). The van der Waals surface area contributed by atoms with Crippen molar-refractivity contribution in [2.24, 2.45) is 17.2 Å². The van der Waals surface area contributed by atoms with E-state index in [1.165, 1.54) is 5.56 Å². The first-order valence-electron chi connectivity index (χ1n) is 4.98. The molecule has 6 heteroatoms. The molecule has 0 radical (unpaired) electrons. The number of hydrogen-bond donors (Lipinski definition) is 3. The first kappa shape index (κ1) is 14.9. The highest BCUT2D eigenvalue weighted by Gasteiger charge is 1.95. The summed E-state index contributed by atoms with van der Waals surface area (Å²) in [6.07, 6.45) is -1.40. The molecule has 0 fully saturated rings. The van der Waals surface area contributed by atoms with Crippen LogP contribution >= 0.6 is 0 Å². The number of benzene rings is 1. The van der Waals surface area contributed by atoms with Crippen molar-refractivity contribution in [1.29, 1.82) is 0 Å². The minimum absolute atomic E-state index is 0.266. The Morgan fingerprint density at radius 2 is 1.65 bits per heavy atom. The van der Waals surface area contributed by atoms with Crippen LogP contribution in [0.15, 0.2) is 30.3 Å². The van der Waals surface area contributed by atoms with Crippen LogP contribution in [0.3, 0.4) is 0 Å². The third-order valence-electron chi connectivity index (χ3n) is 1.60. The first-order valence-corrected chi connectivity index (χ1v) is 4.98. The predicted octanol–water partition coefficient (Wildman–Crippen LogP) is 0.737. The Labute approximate surface area is 99.7 Å². The molecule has 1 aromatic carbocycles. The van der Waals surface area contributed by atoms with Gasteiger partial charge in [-0.1, -0.05) is 30.3 Å². The van der Waals surface area contributed by atoms with Crippen molar-refractivity contribution in [3.05, 3.63) is 35.9 Å². The molecule has 0 spiro atoms. The minimum atomic E-state index is -1.19. The monoisotopic (exact) mass is 239 g/mol. The highest BCUT2D eigenvalue weighted by Crippen LogP contribution is 2.00. The highest BCUT2D eigenvalue weighted by atomic mass is 16.6. The summed E-state index contributed by atoms with van der Waals surface area (Å²) in [5, 5.41) is 0. The second-order valence-corrected chi connectivity index (χ2v) is 3.41. The quantitative estimate of drug-likeness (QED) is 0.658. The lowest BCUT2D eigenvalue weighted by Crippen LogP contribution is -2.22. The smallest absolute Gasteiger partial charge is 0.360 e. The van der Waals surface area contributed by atoms with Crippen LogP contribution in [0.25, 0.3) is 0 Å². The maximum absolute atomic E-state index is 9.51. The molecule has 17 heavy (non-hydrogen) atoms. The van der Waals surface area contributed by atoms with Gasteiger partial charge in [0, 0.05) is 6.04 Å². The molecule has 0 bridgehead atoms. The lowest BCUT2D eigenvalue weighted by Gasteiger charge is -2.02. The summed E-state index contributed by atoms with van der Waals surface area (Å²) in [6.45, 7) is 2.02. The second-order valence-electron chi connectivity index (χ2n) is 3.41. The zero-order valence-electron chi connectivity index (χ0n) is 9.63. The molecule has 0 aliphatic rings. The molecule has 0 saturated carbocycles. The van der Waals surface area contributed by atoms with Crippen molar-refractivity contribution in [2.75, 3.05) is 0 Å². The molecule has 0 aromatic heterocycles. The fourth-order valence-corrected chi connectivity index (χ4v) is 1.09. The van der Waals surface area contributed by atoms with Crippen LogP contribution in [-0.2, 0) is 11.2 Å². The SMILES string of the molecule is CC(N)Cc1ccccc1.NC(=O)OC(N)=O. The summed E-state index contributed by atoms with van der Waals surface area (Å²) >= 11 is 0. The van der Waals surface area contributed by atoms with Crippen molar-refractivity contribution in [3.63, 3.8) is 0 Å². The van der Waals surface area contributed by atoms with Crippen LogP contribution in [0.1, 0.15) is 12.5 Å². The van der Waals surface area contributed by atoms with Gasteiger partial charge in [0.2, 0.25) is 0 Å². The summed E-state index contributed by atoms with van der Waals surface area (Å²) in [7, 11) is 0.